The van der Waals surface area contributed by atoms with E-state index >= 15 is 0 Å². The fourth-order valence-electron chi connectivity index (χ4n) is 3.69. The number of hydrogen-bond donors (Lipinski definition) is 1. The Morgan fingerprint density at radius 3 is 2.73 bits per heavy atom. The predicted octanol–water partition coefficient (Wildman–Crippen LogP) is 3.18. The Bertz CT molecular complexity index is 712. The number of carbonyl (C=O) groups excluding carboxylic acids is 1. The van der Waals surface area contributed by atoms with Crippen LogP contribution in [0.25, 0.3) is 0 Å². The van der Waals surface area contributed by atoms with E-state index in [1.54, 1.807) is 20.2 Å². The highest BCUT2D eigenvalue weighted by atomic mass is 16.5. The molecule has 1 fully saturated rings. The highest BCUT2D eigenvalue weighted by Gasteiger charge is 2.29. The van der Waals surface area contributed by atoms with Gasteiger partial charge in [-0.3, -0.25) is 14.7 Å². The van der Waals surface area contributed by atoms with Gasteiger partial charge in [0.1, 0.15) is 5.75 Å². The first-order valence-corrected chi connectivity index (χ1v) is 9.19. The number of methoxy groups -OCH3 is 1. The molecule has 1 aliphatic rings. The number of aromatic nitrogens is 1. The maximum Gasteiger partial charge on any atom is 0.217 e. The summed E-state index contributed by atoms with van der Waals surface area (Å²) in [5.74, 6) is 1.31. The molecule has 1 N–H and O–H groups in total. The molecule has 2 heterocycles. The van der Waals surface area contributed by atoms with Crippen molar-refractivity contribution in [3.05, 3.63) is 59.9 Å². The summed E-state index contributed by atoms with van der Waals surface area (Å²) in [6.45, 7) is 4.54. The van der Waals surface area contributed by atoms with Gasteiger partial charge in [0.2, 0.25) is 5.91 Å². The lowest BCUT2D eigenvalue weighted by molar-refractivity contribution is -0.120. The molecular weight excluding hydrogens is 326 g/mol. The Hall–Kier alpha value is -2.40. The number of amides is 1. The number of benzene rings is 1. The molecule has 26 heavy (non-hydrogen) atoms. The van der Waals surface area contributed by atoms with Crippen LogP contribution in [0.4, 0.5) is 0 Å². The maximum absolute atomic E-state index is 11.7. The first-order valence-electron chi connectivity index (χ1n) is 9.19. The third kappa shape index (κ3) is 4.82. The SMILES string of the molecule is COc1cccc(CN2CCC([C@H](NC(C)=O)c3ccccn3)CC2)c1. The minimum atomic E-state index is -0.00679. The Kier molecular flexibility index (Phi) is 6.23. The lowest BCUT2D eigenvalue weighted by Crippen LogP contribution is -2.40. The van der Waals surface area contributed by atoms with E-state index in [1.165, 1.54) is 5.56 Å². The molecule has 1 atom stereocenters. The molecule has 1 aromatic carbocycles. The number of nitrogens with zero attached hydrogens (tertiary/aromatic N) is 2. The summed E-state index contributed by atoms with van der Waals surface area (Å²) in [7, 11) is 1.70. The lowest BCUT2D eigenvalue weighted by atomic mass is 9.87. The van der Waals surface area contributed by atoms with Crippen LogP contribution in [0.1, 0.15) is 37.1 Å². The minimum Gasteiger partial charge on any atom is -0.497 e. The van der Waals surface area contributed by atoms with E-state index in [2.05, 4.69) is 27.3 Å². The van der Waals surface area contributed by atoms with Crippen LogP contribution in [0.3, 0.4) is 0 Å². The zero-order valence-corrected chi connectivity index (χ0v) is 15.5. The largest absolute Gasteiger partial charge is 0.497 e. The van der Waals surface area contributed by atoms with E-state index in [-0.39, 0.29) is 11.9 Å². The molecule has 0 spiro atoms. The van der Waals surface area contributed by atoms with Crippen LogP contribution in [-0.4, -0.2) is 36.0 Å². The van der Waals surface area contributed by atoms with Crippen molar-refractivity contribution in [2.45, 2.75) is 32.4 Å². The quantitative estimate of drug-likeness (QED) is 0.867. The lowest BCUT2D eigenvalue weighted by Gasteiger charge is -2.36. The molecule has 1 aliphatic heterocycles. The van der Waals surface area contributed by atoms with Gasteiger partial charge in [0, 0.05) is 19.7 Å². The number of nitrogens with one attached hydrogen (secondary N) is 1. The summed E-state index contributed by atoms with van der Waals surface area (Å²) in [4.78, 5) is 18.6. The van der Waals surface area contributed by atoms with Crippen molar-refractivity contribution in [2.75, 3.05) is 20.2 Å². The van der Waals surface area contributed by atoms with Crippen LogP contribution >= 0.6 is 0 Å². The standard InChI is InChI=1S/C21H27N3O2/c1-16(25)23-21(20-8-3-4-11-22-20)18-9-12-24(13-10-18)15-17-6-5-7-19(14-17)26-2/h3-8,11,14,18,21H,9-10,12-13,15H2,1-2H3,(H,23,25)/t21-/m0/s1. The van der Waals surface area contributed by atoms with Crippen molar-refractivity contribution in [3.8, 4) is 5.75 Å². The van der Waals surface area contributed by atoms with Crippen molar-refractivity contribution in [2.24, 2.45) is 5.92 Å². The number of carbonyl (C=O) groups is 1. The summed E-state index contributed by atoms with van der Waals surface area (Å²) >= 11 is 0. The smallest absolute Gasteiger partial charge is 0.217 e. The predicted molar refractivity (Wildman–Crippen MR) is 102 cm³/mol. The topological polar surface area (TPSA) is 54.5 Å². The van der Waals surface area contributed by atoms with Crippen molar-refractivity contribution in [3.63, 3.8) is 0 Å². The molecular formula is C21H27N3O2. The number of rotatable bonds is 6. The maximum atomic E-state index is 11.7. The first kappa shape index (κ1) is 18.4. The van der Waals surface area contributed by atoms with Gasteiger partial charge >= 0.3 is 0 Å². The molecule has 1 aromatic heterocycles. The third-order valence-corrected chi connectivity index (χ3v) is 5.01. The Labute approximate surface area is 155 Å². The highest BCUT2D eigenvalue weighted by molar-refractivity contribution is 5.73. The second-order valence-corrected chi connectivity index (χ2v) is 6.90. The van der Waals surface area contributed by atoms with E-state index in [1.807, 2.05) is 30.3 Å². The van der Waals surface area contributed by atoms with Crippen molar-refractivity contribution in [1.82, 2.24) is 15.2 Å². The van der Waals surface area contributed by atoms with Crippen molar-refractivity contribution in [1.29, 1.82) is 0 Å². The Morgan fingerprint density at radius 1 is 1.27 bits per heavy atom. The molecule has 1 amide bonds. The zero-order valence-electron chi connectivity index (χ0n) is 15.5. The highest BCUT2D eigenvalue weighted by Crippen LogP contribution is 2.30. The van der Waals surface area contributed by atoms with Gasteiger partial charge in [-0.1, -0.05) is 18.2 Å². The molecule has 0 bridgehead atoms. The van der Waals surface area contributed by atoms with E-state index in [0.717, 1.165) is 43.9 Å². The molecule has 5 nitrogen and oxygen atoms in total. The number of pyridine rings is 1. The van der Waals surface area contributed by atoms with Gasteiger partial charge < -0.3 is 10.1 Å². The summed E-state index contributed by atoms with van der Waals surface area (Å²) in [6.07, 6.45) is 3.89. The first-order chi connectivity index (χ1) is 12.7. The summed E-state index contributed by atoms with van der Waals surface area (Å²) in [5.41, 5.74) is 2.22. The zero-order chi connectivity index (χ0) is 18.4. The summed E-state index contributed by atoms with van der Waals surface area (Å²) in [6, 6.07) is 14.1. The molecule has 5 heteroatoms. The molecule has 0 radical (unpaired) electrons. The average molecular weight is 353 g/mol. The van der Waals surface area contributed by atoms with Gasteiger partial charge in [-0.05, 0) is 61.7 Å². The summed E-state index contributed by atoms with van der Waals surface area (Å²) < 4.78 is 5.31. The fraction of sp³-hybridized carbons (Fsp3) is 0.429. The fourth-order valence-corrected chi connectivity index (χ4v) is 3.69. The number of ether oxygens (including phenoxy) is 1. The van der Waals surface area contributed by atoms with Gasteiger partial charge in [0.15, 0.2) is 0 Å². The number of piperidine rings is 1. The number of likely N-dealkylation sites (tertiary alicyclic amines) is 1. The molecule has 3 rings (SSSR count). The Morgan fingerprint density at radius 2 is 2.08 bits per heavy atom. The molecule has 0 saturated carbocycles. The average Bonchev–Trinajstić information content (AvgIpc) is 2.67. The molecule has 138 valence electrons. The molecule has 1 saturated heterocycles. The van der Waals surface area contributed by atoms with Crippen molar-refractivity contribution >= 4 is 5.91 Å². The van der Waals surface area contributed by atoms with Crippen LogP contribution in [0.5, 0.6) is 5.75 Å². The van der Waals surface area contributed by atoms with Gasteiger partial charge in [-0.25, -0.2) is 0 Å². The molecule has 2 aromatic rings. The third-order valence-electron chi connectivity index (χ3n) is 5.01. The van der Waals surface area contributed by atoms with Gasteiger partial charge in [0.05, 0.1) is 18.8 Å². The monoisotopic (exact) mass is 353 g/mol. The van der Waals surface area contributed by atoms with E-state index in [9.17, 15) is 4.79 Å². The number of hydrogen-bond acceptors (Lipinski definition) is 4. The second kappa shape index (κ2) is 8.81. The molecule has 0 aliphatic carbocycles. The minimum absolute atomic E-state index is 0.000497. The van der Waals surface area contributed by atoms with Crippen LogP contribution < -0.4 is 10.1 Å². The van der Waals surface area contributed by atoms with Crippen LogP contribution in [0.2, 0.25) is 0 Å². The van der Waals surface area contributed by atoms with E-state index in [4.69, 9.17) is 4.74 Å². The van der Waals surface area contributed by atoms with Gasteiger partial charge in [0.25, 0.3) is 0 Å². The van der Waals surface area contributed by atoms with Crippen LogP contribution in [0.15, 0.2) is 48.7 Å². The normalized spacial score (nSPS) is 16.8. The van der Waals surface area contributed by atoms with Crippen molar-refractivity contribution < 1.29 is 9.53 Å². The Balaban J connectivity index is 1.61. The van der Waals surface area contributed by atoms with Crippen LogP contribution in [0, 0.1) is 5.92 Å². The van der Waals surface area contributed by atoms with Crippen LogP contribution in [-0.2, 0) is 11.3 Å². The van der Waals surface area contributed by atoms with E-state index < -0.39 is 0 Å². The van der Waals surface area contributed by atoms with Gasteiger partial charge in [-0.15, -0.1) is 0 Å². The molecule has 0 unspecified atom stereocenters. The van der Waals surface area contributed by atoms with Gasteiger partial charge in [-0.2, -0.15) is 0 Å². The van der Waals surface area contributed by atoms with E-state index in [0.29, 0.717) is 5.92 Å². The second-order valence-electron chi connectivity index (χ2n) is 6.90. The summed E-state index contributed by atoms with van der Waals surface area (Å²) in [5, 5.41) is 3.11.